The second-order valence-electron chi connectivity index (χ2n) is 6.19. The van der Waals surface area contributed by atoms with E-state index in [1.807, 2.05) is 0 Å². The van der Waals surface area contributed by atoms with Crippen molar-refractivity contribution < 1.29 is 19.1 Å². The van der Waals surface area contributed by atoms with Crippen LogP contribution in [0.2, 0.25) is 5.02 Å². The van der Waals surface area contributed by atoms with Crippen LogP contribution >= 0.6 is 11.6 Å². The van der Waals surface area contributed by atoms with Gasteiger partial charge in [0.2, 0.25) is 5.91 Å². The number of imide groups is 1. The van der Waals surface area contributed by atoms with Gasteiger partial charge in [-0.05, 0) is 30.5 Å². The standard InChI is InChI=1S/C16H15ClN2O4/c17-9-3-1-8(2-4-9)7-12(20)18-19-15(21)13-10-5-6-11(23-10)14(13)16(19)22/h1-4,10-11,13-14H,5-7H2,(H,18,20)/t10-,11+,13+,14-. The van der Waals surface area contributed by atoms with Crippen molar-refractivity contribution in [2.24, 2.45) is 11.8 Å². The van der Waals surface area contributed by atoms with Crippen molar-refractivity contribution in [3.05, 3.63) is 34.9 Å². The number of carbonyl (C=O) groups excluding carboxylic acids is 3. The summed E-state index contributed by atoms with van der Waals surface area (Å²) < 4.78 is 5.65. The maximum absolute atomic E-state index is 12.4. The molecule has 4 rings (SSSR count). The van der Waals surface area contributed by atoms with Crippen LogP contribution in [0.3, 0.4) is 0 Å². The van der Waals surface area contributed by atoms with Gasteiger partial charge in [0.05, 0.1) is 30.5 Å². The lowest BCUT2D eigenvalue weighted by atomic mass is 9.81. The third-order valence-corrected chi connectivity index (χ3v) is 5.05. The van der Waals surface area contributed by atoms with Gasteiger partial charge in [-0.2, -0.15) is 5.01 Å². The second-order valence-corrected chi connectivity index (χ2v) is 6.63. The van der Waals surface area contributed by atoms with Crippen LogP contribution in [-0.2, 0) is 25.5 Å². The highest BCUT2D eigenvalue weighted by atomic mass is 35.5. The average Bonchev–Trinajstić information content (AvgIpc) is 3.19. The zero-order valence-electron chi connectivity index (χ0n) is 12.2. The summed E-state index contributed by atoms with van der Waals surface area (Å²) >= 11 is 5.80. The molecule has 0 radical (unpaired) electrons. The predicted octanol–water partition coefficient (Wildman–Crippen LogP) is 1.08. The molecule has 4 atom stereocenters. The summed E-state index contributed by atoms with van der Waals surface area (Å²) in [7, 11) is 0. The molecule has 1 N–H and O–H groups in total. The highest BCUT2D eigenvalue weighted by Crippen LogP contribution is 2.47. The Labute approximate surface area is 137 Å². The van der Waals surface area contributed by atoms with E-state index in [-0.39, 0.29) is 30.4 Å². The predicted molar refractivity (Wildman–Crippen MR) is 80.0 cm³/mol. The molecule has 0 saturated carbocycles. The fraction of sp³-hybridized carbons (Fsp3) is 0.438. The number of nitrogens with zero attached hydrogens (tertiary/aromatic N) is 1. The van der Waals surface area contributed by atoms with Crippen LogP contribution in [0.4, 0.5) is 0 Å². The molecule has 3 amide bonds. The summed E-state index contributed by atoms with van der Waals surface area (Å²) in [6, 6.07) is 6.85. The van der Waals surface area contributed by atoms with Gasteiger partial charge in [0.25, 0.3) is 11.8 Å². The molecular formula is C16H15ClN2O4. The number of nitrogens with one attached hydrogen (secondary N) is 1. The smallest absolute Gasteiger partial charge is 0.254 e. The van der Waals surface area contributed by atoms with E-state index in [9.17, 15) is 14.4 Å². The molecule has 1 aromatic carbocycles. The maximum atomic E-state index is 12.4. The molecule has 2 bridgehead atoms. The van der Waals surface area contributed by atoms with E-state index in [4.69, 9.17) is 16.3 Å². The minimum Gasteiger partial charge on any atom is -0.373 e. The number of amides is 3. The normalized spacial score (nSPS) is 31.6. The molecule has 23 heavy (non-hydrogen) atoms. The molecule has 6 nitrogen and oxygen atoms in total. The molecule has 0 unspecified atom stereocenters. The number of hydrogen-bond donors (Lipinski definition) is 1. The van der Waals surface area contributed by atoms with Crippen molar-refractivity contribution >= 4 is 29.3 Å². The Morgan fingerprint density at radius 1 is 1.13 bits per heavy atom. The van der Waals surface area contributed by atoms with Crippen LogP contribution < -0.4 is 5.43 Å². The van der Waals surface area contributed by atoms with E-state index < -0.39 is 17.7 Å². The fourth-order valence-corrected chi connectivity index (χ4v) is 3.90. The van der Waals surface area contributed by atoms with Crippen LogP contribution in [0, 0.1) is 11.8 Å². The summed E-state index contributed by atoms with van der Waals surface area (Å²) in [5.74, 6) is -1.97. The summed E-state index contributed by atoms with van der Waals surface area (Å²) in [5, 5.41) is 1.48. The zero-order valence-corrected chi connectivity index (χ0v) is 13.0. The molecule has 0 aromatic heterocycles. The molecule has 3 aliphatic rings. The van der Waals surface area contributed by atoms with Gasteiger partial charge in [-0.25, -0.2) is 0 Å². The number of hydrogen-bond acceptors (Lipinski definition) is 4. The topological polar surface area (TPSA) is 75.7 Å². The average molecular weight is 335 g/mol. The van der Waals surface area contributed by atoms with Crippen molar-refractivity contribution in [1.29, 1.82) is 0 Å². The fourth-order valence-electron chi connectivity index (χ4n) is 3.77. The van der Waals surface area contributed by atoms with Gasteiger partial charge >= 0.3 is 0 Å². The molecule has 0 aliphatic carbocycles. The first-order valence-electron chi connectivity index (χ1n) is 7.62. The lowest BCUT2D eigenvalue weighted by Crippen LogP contribution is -2.48. The molecule has 7 heteroatoms. The van der Waals surface area contributed by atoms with Crippen LogP contribution in [0.1, 0.15) is 18.4 Å². The van der Waals surface area contributed by atoms with Crippen LogP contribution in [0.5, 0.6) is 0 Å². The van der Waals surface area contributed by atoms with Crippen LogP contribution in [0.15, 0.2) is 24.3 Å². The Bertz CT molecular complexity index is 662. The van der Waals surface area contributed by atoms with Crippen LogP contribution in [0.25, 0.3) is 0 Å². The number of halogens is 1. The van der Waals surface area contributed by atoms with E-state index in [2.05, 4.69) is 5.43 Å². The third-order valence-electron chi connectivity index (χ3n) is 4.80. The Hall–Kier alpha value is -1.92. The Kier molecular flexibility index (Phi) is 3.39. The van der Waals surface area contributed by atoms with Gasteiger partial charge in [0.15, 0.2) is 0 Å². The number of benzene rings is 1. The third kappa shape index (κ3) is 2.33. The quantitative estimate of drug-likeness (QED) is 0.839. The number of hydrazine groups is 1. The lowest BCUT2D eigenvalue weighted by molar-refractivity contribution is -0.151. The molecule has 120 valence electrons. The zero-order chi connectivity index (χ0) is 16.1. The lowest BCUT2D eigenvalue weighted by Gasteiger charge is -2.18. The first kappa shape index (κ1) is 14.7. The molecule has 3 aliphatic heterocycles. The monoisotopic (exact) mass is 334 g/mol. The SMILES string of the molecule is O=C(Cc1ccc(Cl)cc1)NN1C(=O)[C@@H]2[C@H](C1=O)[C@@H]1CC[C@H]2O1. The minimum atomic E-state index is -0.433. The molecule has 3 saturated heterocycles. The molecule has 3 heterocycles. The number of carbonyl (C=O) groups is 3. The van der Waals surface area contributed by atoms with Crippen molar-refractivity contribution in [2.45, 2.75) is 31.5 Å². The van der Waals surface area contributed by atoms with Gasteiger partial charge in [0, 0.05) is 5.02 Å². The maximum Gasteiger partial charge on any atom is 0.254 e. The Balaban J connectivity index is 1.44. The second kappa shape index (κ2) is 5.32. The van der Waals surface area contributed by atoms with Gasteiger partial charge < -0.3 is 4.74 Å². The Morgan fingerprint density at radius 2 is 1.70 bits per heavy atom. The van der Waals surface area contributed by atoms with Crippen molar-refractivity contribution in [3.8, 4) is 0 Å². The largest absolute Gasteiger partial charge is 0.373 e. The minimum absolute atomic E-state index is 0.0763. The van der Waals surface area contributed by atoms with Crippen molar-refractivity contribution in [1.82, 2.24) is 10.4 Å². The molecule has 3 fully saturated rings. The summed E-state index contributed by atoms with van der Waals surface area (Å²) in [6.07, 6.45) is 1.32. The number of fused-ring (bicyclic) bond motifs is 5. The van der Waals surface area contributed by atoms with E-state index in [0.717, 1.165) is 23.4 Å². The highest BCUT2D eigenvalue weighted by molar-refractivity contribution is 6.30. The summed E-state index contributed by atoms with van der Waals surface area (Å²) in [5.41, 5.74) is 3.20. The van der Waals surface area contributed by atoms with Crippen molar-refractivity contribution in [3.63, 3.8) is 0 Å². The first-order valence-corrected chi connectivity index (χ1v) is 7.99. The molecule has 0 spiro atoms. The van der Waals surface area contributed by atoms with Crippen LogP contribution in [-0.4, -0.2) is 34.9 Å². The van der Waals surface area contributed by atoms with E-state index in [1.54, 1.807) is 24.3 Å². The van der Waals surface area contributed by atoms with Gasteiger partial charge in [-0.15, -0.1) is 0 Å². The highest BCUT2D eigenvalue weighted by Gasteiger charge is 2.62. The van der Waals surface area contributed by atoms with Gasteiger partial charge in [0.1, 0.15) is 0 Å². The number of ether oxygens (including phenoxy) is 1. The first-order chi connectivity index (χ1) is 11.0. The van der Waals surface area contributed by atoms with E-state index >= 15 is 0 Å². The Morgan fingerprint density at radius 3 is 2.26 bits per heavy atom. The van der Waals surface area contributed by atoms with Gasteiger partial charge in [-0.3, -0.25) is 19.8 Å². The summed E-state index contributed by atoms with van der Waals surface area (Å²) in [6.45, 7) is 0. The van der Waals surface area contributed by atoms with Crippen molar-refractivity contribution in [2.75, 3.05) is 0 Å². The molecular weight excluding hydrogens is 320 g/mol. The number of rotatable bonds is 3. The molecule has 1 aromatic rings. The van der Waals surface area contributed by atoms with E-state index in [0.29, 0.717) is 5.02 Å². The van der Waals surface area contributed by atoms with Gasteiger partial charge in [-0.1, -0.05) is 23.7 Å². The van der Waals surface area contributed by atoms with E-state index in [1.165, 1.54) is 0 Å². The summed E-state index contributed by atoms with van der Waals surface area (Å²) in [4.78, 5) is 36.9.